The van der Waals surface area contributed by atoms with Gasteiger partial charge in [-0.1, -0.05) is 54.6 Å². The molecular formula is C23H16O4S. The predicted octanol–water partition coefficient (Wildman–Crippen LogP) is 4.96. The molecule has 138 valence electrons. The van der Waals surface area contributed by atoms with E-state index in [0.717, 1.165) is 10.5 Å². The number of benzene rings is 3. The zero-order chi connectivity index (χ0) is 19.7. The lowest BCUT2D eigenvalue weighted by Crippen LogP contribution is -2.26. The van der Waals surface area contributed by atoms with Crippen molar-refractivity contribution in [2.45, 2.75) is 10.1 Å². The summed E-state index contributed by atoms with van der Waals surface area (Å²) in [6.07, 6.45) is 0. The van der Waals surface area contributed by atoms with Crippen molar-refractivity contribution in [3.8, 4) is 5.75 Å². The van der Waals surface area contributed by atoms with Crippen molar-refractivity contribution in [2.75, 3.05) is 0 Å². The number of thioether (sulfide) groups is 1. The fourth-order valence-electron chi connectivity index (χ4n) is 3.21. The van der Waals surface area contributed by atoms with Crippen LogP contribution in [0.25, 0.3) is 5.76 Å². The molecule has 2 N–H and O–H groups in total. The van der Waals surface area contributed by atoms with Gasteiger partial charge in [0.2, 0.25) is 11.6 Å². The standard InChI is InChI=1S/C23H16O4S/c24-15-10-12-16(13-11-15)28-23(14-6-2-1-3-7-14)19-20(25)17-8-4-5-9-18(17)21(26)22(19)27/h1-13,23-25H. The van der Waals surface area contributed by atoms with E-state index in [4.69, 9.17) is 0 Å². The van der Waals surface area contributed by atoms with Crippen LogP contribution in [0.15, 0.2) is 89.3 Å². The summed E-state index contributed by atoms with van der Waals surface area (Å²) in [4.78, 5) is 26.4. The molecule has 5 heteroatoms. The Kier molecular flexibility index (Phi) is 4.75. The second-order valence-corrected chi connectivity index (χ2v) is 7.55. The maximum Gasteiger partial charge on any atom is 0.234 e. The Morgan fingerprint density at radius 2 is 1.29 bits per heavy atom. The SMILES string of the molecule is O=C1C(=O)c2ccccc2C(O)=C1C(Sc1ccc(O)cc1)c1ccccc1. The monoisotopic (exact) mass is 388 g/mol. The van der Waals surface area contributed by atoms with E-state index in [1.165, 1.54) is 11.8 Å². The summed E-state index contributed by atoms with van der Waals surface area (Å²) in [6, 6.07) is 22.4. The fourth-order valence-corrected chi connectivity index (χ4v) is 4.41. The number of aliphatic hydroxyl groups is 1. The van der Waals surface area contributed by atoms with Crippen molar-refractivity contribution in [3.63, 3.8) is 0 Å². The molecule has 0 aliphatic heterocycles. The van der Waals surface area contributed by atoms with Crippen LogP contribution in [0.1, 0.15) is 26.7 Å². The van der Waals surface area contributed by atoms with Crippen LogP contribution in [0.4, 0.5) is 0 Å². The zero-order valence-corrected chi connectivity index (χ0v) is 15.5. The molecule has 4 rings (SSSR count). The molecule has 28 heavy (non-hydrogen) atoms. The summed E-state index contributed by atoms with van der Waals surface area (Å²) in [6.45, 7) is 0. The molecule has 3 aromatic rings. The van der Waals surface area contributed by atoms with E-state index >= 15 is 0 Å². The summed E-state index contributed by atoms with van der Waals surface area (Å²) < 4.78 is 0. The van der Waals surface area contributed by atoms with E-state index in [-0.39, 0.29) is 22.6 Å². The van der Waals surface area contributed by atoms with Crippen LogP contribution in [0.5, 0.6) is 5.75 Å². The maximum absolute atomic E-state index is 12.9. The first-order valence-corrected chi connectivity index (χ1v) is 9.56. The first-order chi connectivity index (χ1) is 13.6. The second kappa shape index (κ2) is 7.37. The number of phenolic OH excluding ortho intramolecular Hbond substituents is 1. The third-order valence-electron chi connectivity index (χ3n) is 4.59. The van der Waals surface area contributed by atoms with Gasteiger partial charge in [0.05, 0.1) is 10.8 Å². The van der Waals surface area contributed by atoms with Crippen LogP contribution in [-0.2, 0) is 4.79 Å². The lowest BCUT2D eigenvalue weighted by atomic mass is 9.85. The average molecular weight is 388 g/mol. The molecule has 0 fully saturated rings. The molecule has 3 aromatic carbocycles. The fraction of sp³-hybridized carbons (Fsp3) is 0.0435. The van der Waals surface area contributed by atoms with Gasteiger partial charge in [0, 0.05) is 16.0 Å². The number of aliphatic hydroxyl groups excluding tert-OH is 1. The van der Waals surface area contributed by atoms with Crippen LogP contribution < -0.4 is 0 Å². The van der Waals surface area contributed by atoms with Crippen molar-refractivity contribution in [2.24, 2.45) is 0 Å². The molecule has 1 unspecified atom stereocenters. The van der Waals surface area contributed by atoms with Gasteiger partial charge in [-0.05, 0) is 29.8 Å². The van der Waals surface area contributed by atoms with E-state index in [9.17, 15) is 19.8 Å². The van der Waals surface area contributed by atoms with E-state index in [0.29, 0.717) is 5.56 Å². The molecule has 0 aromatic heterocycles. The molecule has 0 heterocycles. The van der Waals surface area contributed by atoms with Crippen molar-refractivity contribution in [3.05, 3.63) is 101 Å². The normalized spacial score (nSPS) is 14.7. The molecule has 0 radical (unpaired) electrons. The minimum absolute atomic E-state index is 0.0768. The first-order valence-electron chi connectivity index (χ1n) is 8.68. The quantitative estimate of drug-likeness (QED) is 0.488. The number of phenols is 1. The number of aromatic hydroxyl groups is 1. The molecular weight excluding hydrogens is 372 g/mol. The second-order valence-electron chi connectivity index (χ2n) is 6.37. The van der Waals surface area contributed by atoms with Gasteiger partial charge in [0.25, 0.3) is 0 Å². The molecule has 0 saturated heterocycles. The Morgan fingerprint density at radius 1 is 0.679 bits per heavy atom. The van der Waals surface area contributed by atoms with Crippen LogP contribution in [0.2, 0.25) is 0 Å². The summed E-state index contributed by atoms with van der Waals surface area (Å²) in [5, 5.41) is 19.9. The Balaban J connectivity index is 1.87. The van der Waals surface area contributed by atoms with E-state index in [1.807, 2.05) is 30.3 Å². The molecule has 1 aliphatic rings. The number of rotatable bonds is 4. The van der Waals surface area contributed by atoms with Gasteiger partial charge in [-0.25, -0.2) is 0 Å². The predicted molar refractivity (Wildman–Crippen MR) is 108 cm³/mol. The largest absolute Gasteiger partial charge is 0.508 e. The Morgan fingerprint density at radius 3 is 1.96 bits per heavy atom. The van der Waals surface area contributed by atoms with Gasteiger partial charge in [-0.3, -0.25) is 9.59 Å². The van der Waals surface area contributed by atoms with Crippen LogP contribution in [-0.4, -0.2) is 21.8 Å². The number of carbonyl (C=O) groups excluding carboxylic acids is 2. The summed E-state index contributed by atoms with van der Waals surface area (Å²) in [7, 11) is 0. The zero-order valence-electron chi connectivity index (χ0n) is 14.7. The third kappa shape index (κ3) is 3.21. The smallest absolute Gasteiger partial charge is 0.234 e. The average Bonchev–Trinajstić information content (AvgIpc) is 2.73. The lowest BCUT2D eigenvalue weighted by molar-refractivity contribution is -0.112. The molecule has 0 saturated carbocycles. The van der Waals surface area contributed by atoms with E-state index in [1.54, 1.807) is 48.5 Å². The summed E-state index contributed by atoms with van der Waals surface area (Å²) in [5.74, 6) is -1.34. The molecule has 4 nitrogen and oxygen atoms in total. The van der Waals surface area contributed by atoms with Gasteiger partial charge in [-0.2, -0.15) is 0 Å². The number of carbonyl (C=O) groups is 2. The Labute approximate surface area is 166 Å². The first kappa shape index (κ1) is 18.1. The molecule has 1 aliphatic carbocycles. The van der Waals surface area contributed by atoms with E-state index < -0.39 is 16.8 Å². The number of ketones is 2. The number of hydrogen-bond acceptors (Lipinski definition) is 5. The molecule has 1 atom stereocenters. The Hall–Kier alpha value is -3.31. The molecule has 0 amide bonds. The van der Waals surface area contributed by atoms with Crippen LogP contribution >= 0.6 is 11.8 Å². The highest BCUT2D eigenvalue weighted by molar-refractivity contribution is 7.99. The summed E-state index contributed by atoms with van der Waals surface area (Å²) in [5.41, 5.74) is 1.46. The van der Waals surface area contributed by atoms with Crippen molar-refractivity contribution < 1.29 is 19.8 Å². The lowest BCUT2D eigenvalue weighted by Gasteiger charge is -2.24. The minimum atomic E-state index is -0.698. The van der Waals surface area contributed by atoms with Crippen molar-refractivity contribution in [1.29, 1.82) is 0 Å². The number of hydrogen-bond donors (Lipinski definition) is 2. The highest BCUT2D eigenvalue weighted by atomic mass is 32.2. The topological polar surface area (TPSA) is 74.6 Å². The van der Waals surface area contributed by atoms with Gasteiger partial charge < -0.3 is 10.2 Å². The number of Topliss-reactive ketones (excluding diaryl/α,β-unsaturated/α-hetero) is 2. The van der Waals surface area contributed by atoms with Crippen LogP contribution in [0, 0.1) is 0 Å². The van der Waals surface area contributed by atoms with Crippen LogP contribution in [0.3, 0.4) is 0 Å². The maximum atomic E-state index is 12.9. The van der Waals surface area contributed by atoms with E-state index in [2.05, 4.69) is 0 Å². The van der Waals surface area contributed by atoms with Crippen molar-refractivity contribution in [1.82, 2.24) is 0 Å². The third-order valence-corrected chi connectivity index (χ3v) is 5.88. The Bertz CT molecular complexity index is 1090. The van der Waals surface area contributed by atoms with Gasteiger partial charge in [-0.15, -0.1) is 11.8 Å². The summed E-state index contributed by atoms with van der Waals surface area (Å²) >= 11 is 1.34. The highest BCUT2D eigenvalue weighted by Gasteiger charge is 2.37. The van der Waals surface area contributed by atoms with Gasteiger partial charge in [0.1, 0.15) is 11.5 Å². The molecule has 0 bridgehead atoms. The van der Waals surface area contributed by atoms with Gasteiger partial charge in [0.15, 0.2) is 0 Å². The number of fused-ring (bicyclic) bond motifs is 1. The van der Waals surface area contributed by atoms with Gasteiger partial charge >= 0.3 is 0 Å². The molecule has 0 spiro atoms. The van der Waals surface area contributed by atoms with Crippen molar-refractivity contribution >= 4 is 29.1 Å². The minimum Gasteiger partial charge on any atom is -0.508 e. The highest BCUT2D eigenvalue weighted by Crippen LogP contribution is 2.45.